The fourth-order valence-corrected chi connectivity index (χ4v) is 3.62. The van der Waals surface area contributed by atoms with E-state index in [9.17, 15) is 9.59 Å². The van der Waals surface area contributed by atoms with E-state index in [1.807, 2.05) is 40.1 Å². The van der Waals surface area contributed by atoms with E-state index in [0.29, 0.717) is 19.5 Å². The molecule has 0 N–H and O–H groups in total. The van der Waals surface area contributed by atoms with Crippen molar-refractivity contribution in [2.45, 2.75) is 45.1 Å². The molecule has 0 bridgehead atoms. The van der Waals surface area contributed by atoms with Gasteiger partial charge in [-0.2, -0.15) is 0 Å². The molecule has 0 aromatic heterocycles. The van der Waals surface area contributed by atoms with E-state index in [1.165, 1.54) is 19.3 Å². The number of hydrogen-bond acceptors (Lipinski definition) is 2. The highest BCUT2D eigenvalue weighted by Gasteiger charge is 2.36. The van der Waals surface area contributed by atoms with Gasteiger partial charge < -0.3 is 9.80 Å². The molecule has 0 radical (unpaired) electrons. The molecule has 124 valence electrons. The van der Waals surface area contributed by atoms with Gasteiger partial charge in [0.05, 0.1) is 5.92 Å². The van der Waals surface area contributed by atoms with Crippen LogP contribution in [0, 0.1) is 5.92 Å². The van der Waals surface area contributed by atoms with Crippen LogP contribution in [0.25, 0.3) is 0 Å². The quantitative estimate of drug-likeness (QED) is 0.861. The van der Waals surface area contributed by atoms with Crippen LogP contribution in [-0.4, -0.2) is 41.2 Å². The fraction of sp³-hybridized carbons (Fsp3) is 0.579. The fourth-order valence-electron chi connectivity index (χ4n) is 3.62. The minimum atomic E-state index is -0.148. The van der Waals surface area contributed by atoms with Crippen molar-refractivity contribution in [3.63, 3.8) is 0 Å². The summed E-state index contributed by atoms with van der Waals surface area (Å²) >= 11 is 0. The smallest absolute Gasteiger partial charge is 0.227 e. The zero-order valence-corrected chi connectivity index (χ0v) is 13.7. The first-order valence-electron chi connectivity index (χ1n) is 8.84. The summed E-state index contributed by atoms with van der Waals surface area (Å²) < 4.78 is 0. The second-order valence-electron chi connectivity index (χ2n) is 6.75. The molecule has 4 heteroatoms. The van der Waals surface area contributed by atoms with Gasteiger partial charge >= 0.3 is 0 Å². The predicted molar refractivity (Wildman–Crippen MR) is 89.6 cm³/mol. The van der Waals surface area contributed by atoms with Crippen LogP contribution in [-0.2, 0) is 16.1 Å². The monoisotopic (exact) mass is 314 g/mol. The summed E-state index contributed by atoms with van der Waals surface area (Å²) in [4.78, 5) is 28.8. The third kappa shape index (κ3) is 4.12. The maximum atomic E-state index is 12.8. The Morgan fingerprint density at radius 1 is 1.00 bits per heavy atom. The second kappa shape index (κ2) is 7.62. The van der Waals surface area contributed by atoms with E-state index in [0.717, 1.165) is 31.5 Å². The molecule has 1 atom stereocenters. The lowest BCUT2D eigenvalue weighted by Gasteiger charge is -2.27. The molecule has 1 aromatic rings. The van der Waals surface area contributed by atoms with Gasteiger partial charge in [-0.3, -0.25) is 9.59 Å². The summed E-state index contributed by atoms with van der Waals surface area (Å²) in [5, 5.41) is 0. The molecule has 2 fully saturated rings. The SMILES string of the molecule is O=C1CC(C(=O)N2CCCCCCC2)CN1Cc1ccccc1. The van der Waals surface area contributed by atoms with Gasteiger partial charge in [0.15, 0.2) is 0 Å². The number of amides is 2. The summed E-state index contributed by atoms with van der Waals surface area (Å²) in [6.07, 6.45) is 6.29. The van der Waals surface area contributed by atoms with Crippen LogP contribution < -0.4 is 0 Å². The minimum Gasteiger partial charge on any atom is -0.342 e. The van der Waals surface area contributed by atoms with Gasteiger partial charge in [0.25, 0.3) is 0 Å². The molecule has 1 unspecified atom stereocenters. The average molecular weight is 314 g/mol. The number of carbonyl (C=O) groups excluding carboxylic acids is 2. The molecule has 4 nitrogen and oxygen atoms in total. The summed E-state index contributed by atoms with van der Waals surface area (Å²) in [5.41, 5.74) is 1.13. The largest absolute Gasteiger partial charge is 0.342 e. The maximum Gasteiger partial charge on any atom is 0.227 e. The highest BCUT2D eigenvalue weighted by atomic mass is 16.2. The van der Waals surface area contributed by atoms with Gasteiger partial charge in [0.1, 0.15) is 0 Å². The second-order valence-corrected chi connectivity index (χ2v) is 6.75. The van der Waals surface area contributed by atoms with E-state index in [2.05, 4.69) is 0 Å². The Hall–Kier alpha value is -1.84. The number of carbonyl (C=O) groups is 2. The average Bonchev–Trinajstić information content (AvgIpc) is 2.88. The van der Waals surface area contributed by atoms with Crippen LogP contribution in [0.3, 0.4) is 0 Å². The summed E-state index contributed by atoms with van der Waals surface area (Å²) in [6.45, 7) is 2.91. The molecule has 2 aliphatic heterocycles. The third-order valence-electron chi connectivity index (χ3n) is 4.95. The van der Waals surface area contributed by atoms with Crippen molar-refractivity contribution >= 4 is 11.8 Å². The summed E-state index contributed by atoms with van der Waals surface area (Å²) in [6, 6.07) is 10.0. The molecular formula is C19H26N2O2. The Balaban J connectivity index is 1.58. The normalized spacial score (nSPS) is 22.8. The van der Waals surface area contributed by atoms with Crippen LogP contribution in [0.15, 0.2) is 30.3 Å². The van der Waals surface area contributed by atoms with Crippen molar-refractivity contribution in [2.75, 3.05) is 19.6 Å². The molecular weight excluding hydrogens is 288 g/mol. The highest BCUT2D eigenvalue weighted by molar-refractivity contribution is 5.89. The van der Waals surface area contributed by atoms with E-state index in [1.54, 1.807) is 0 Å². The highest BCUT2D eigenvalue weighted by Crippen LogP contribution is 2.23. The molecule has 1 aromatic carbocycles. The molecule has 23 heavy (non-hydrogen) atoms. The summed E-state index contributed by atoms with van der Waals surface area (Å²) in [5.74, 6) is 0.153. The van der Waals surface area contributed by atoms with E-state index in [-0.39, 0.29) is 17.7 Å². The zero-order valence-electron chi connectivity index (χ0n) is 13.7. The Morgan fingerprint density at radius 3 is 2.35 bits per heavy atom. The van der Waals surface area contributed by atoms with Crippen molar-refractivity contribution < 1.29 is 9.59 Å². The number of nitrogens with zero attached hydrogens (tertiary/aromatic N) is 2. The molecule has 0 aliphatic carbocycles. The van der Waals surface area contributed by atoms with Crippen molar-refractivity contribution in [2.24, 2.45) is 5.92 Å². The molecule has 2 amide bonds. The minimum absolute atomic E-state index is 0.110. The number of rotatable bonds is 3. The number of benzene rings is 1. The van der Waals surface area contributed by atoms with Crippen LogP contribution >= 0.6 is 0 Å². The number of likely N-dealkylation sites (tertiary alicyclic amines) is 2. The molecule has 0 saturated carbocycles. The maximum absolute atomic E-state index is 12.8. The Kier molecular flexibility index (Phi) is 5.31. The van der Waals surface area contributed by atoms with Gasteiger partial charge in [-0.1, -0.05) is 49.6 Å². The van der Waals surface area contributed by atoms with Crippen molar-refractivity contribution in [3.05, 3.63) is 35.9 Å². The topological polar surface area (TPSA) is 40.6 Å². The first kappa shape index (κ1) is 16.0. The third-order valence-corrected chi connectivity index (χ3v) is 4.95. The molecule has 2 saturated heterocycles. The molecule has 2 heterocycles. The van der Waals surface area contributed by atoms with Gasteiger partial charge in [0, 0.05) is 32.6 Å². The molecule has 2 aliphatic rings. The van der Waals surface area contributed by atoms with E-state index in [4.69, 9.17) is 0 Å². The molecule has 0 spiro atoms. The van der Waals surface area contributed by atoms with Crippen LogP contribution in [0.1, 0.15) is 44.1 Å². The number of hydrogen-bond donors (Lipinski definition) is 0. The first-order chi connectivity index (χ1) is 11.2. The molecule has 3 rings (SSSR count). The van der Waals surface area contributed by atoms with Crippen molar-refractivity contribution in [1.29, 1.82) is 0 Å². The van der Waals surface area contributed by atoms with Crippen LogP contribution in [0.4, 0.5) is 0 Å². The lowest BCUT2D eigenvalue weighted by Crippen LogP contribution is -2.39. The van der Waals surface area contributed by atoms with E-state index >= 15 is 0 Å². The first-order valence-corrected chi connectivity index (χ1v) is 8.84. The lowest BCUT2D eigenvalue weighted by atomic mass is 10.0. The predicted octanol–water partition coefficient (Wildman–Crippen LogP) is 2.83. The Labute approximate surface area is 138 Å². The summed E-state index contributed by atoms with van der Waals surface area (Å²) in [7, 11) is 0. The lowest BCUT2D eigenvalue weighted by molar-refractivity contribution is -0.136. The van der Waals surface area contributed by atoms with Crippen molar-refractivity contribution in [1.82, 2.24) is 9.80 Å². The van der Waals surface area contributed by atoms with Gasteiger partial charge in [-0.25, -0.2) is 0 Å². The zero-order chi connectivity index (χ0) is 16.1. The van der Waals surface area contributed by atoms with E-state index < -0.39 is 0 Å². The standard InChI is InChI=1S/C19H26N2O2/c22-18-13-17(15-21(18)14-16-9-5-4-6-10-16)19(23)20-11-7-2-1-3-8-12-20/h4-6,9-10,17H,1-3,7-8,11-15H2. The van der Waals surface area contributed by atoms with Crippen LogP contribution in [0.5, 0.6) is 0 Å². The van der Waals surface area contributed by atoms with Crippen molar-refractivity contribution in [3.8, 4) is 0 Å². The van der Waals surface area contributed by atoms with Gasteiger partial charge in [0.2, 0.25) is 11.8 Å². The Morgan fingerprint density at radius 2 is 1.65 bits per heavy atom. The van der Waals surface area contributed by atoms with Gasteiger partial charge in [-0.05, 0) is 18.4 Å². The van der Waals surface area contributed by atoms with Gasteiger partial charge in [-0.15, -0.1) is 0 Å². The Bertz CT molecular complexity index is 536. The van der Waals surface area contributed by atoms with Crippen LogP contribution in [0.2, 0.25) is 0 Å².